The Kier molecular flexibility index (Phi) is 2.62. The van der Waals surface area contributed by atoms with Crippen LogP contribution in [0.25, 0.3) is 0 Å². The molecule has 0 aromatic carbocycles. The first-order valence-corrected chi connectivity index (χ1v) is 2.84. The molecule has 0 saturated carbocycles. The van der Waals surface area contributed by atoms with E-state index < -0.39 is 0 Å². The minimum absolute atomic E-state index is 0.702. The maximum atomic E-state index is 4.41. The van der Waals surface area contributed by atoms with Crippen molar-refractivity contribution < 1.29 is 9.88 Å². The molecule has 0 bridgehead atoms. The third kappa shape index (κ3) is 2.69. The molecule has 0 N–H and O–H groups in total. The summed E-state index contributed by atoms with van der Waals surface area (Å²) in [5.41, 5.74) is 0. The normalized spacial score (nSPS) is 25.8. The van der Waals surface area contributed by atoms with Crippen LogP contribution in [0.5, 0.6) is 0 Å². The van der Waals surface area contributed by atoms with Crippen molar-refractivity contribution >= 4 is 0 Å². The molecular formula is C5H8N2O2. The Hall–Kier alpha value is -1.06. The predicted molar refractivity (Wildman–Crippen MR) is 30.3 cm³/mol. The lowest BCUT2D eigenvalue weighted by Crippen LogP contribution is -1.75. The van der Waals surface area contributed by atoms with Crippen molar-refractivity contribution in [2.24, 2.45) is 10.4 Å². The lowest BCUT2D eigenvalue weighted by molar-refractivity contribution is -0.257. The van der Waals surface area contributed by atoms with E-state index in [1.807, 2.05) is 6.08 Å². The summed E-state index contributed by atoms with van der Waals surface area (Å²) >= 11 is 0. The zero-order chi connectivity index (χ0) is 6.36. The van der Waals surface area contributed by atoms with Gasteiger partial charge in [0.2, 0.25) is 0 Å². The second-order valence-corrected chi connectivity index (χ2v) is 1.63. The zero-order valence-electron chi connectivity index (χ0n) is 4.99. The smallest absolute Gasteiger partial charge is 0.141 e. The Bertz CT molecular complexity index is 108. The van der Waals surface area contributed by atoms with Crippen LogP contribution in [-0.4, -0.2) is 6.54 Å². The molecule has 0 aliphatic carbocycles. The molecule has 50 valence electrons. The van der Waals surface area contributed by atoms with E-state index in [2.05, 4.69) is 20.3 Å². The number of hydrogen-bond donors (Lipinski definition) is 0. The molecular weight excluding hydrogens is 120 g/mol. The number of allylic oxidation sites excluding steroid dienone is 1. The van der Waals surface area contributed by atoms with Gasteiger partial charge in [-0.2, -0.15) is 0 Å². The van der Waals surface area contributed by atoms with Crippen molar-refractivity contribution in [1.82, 2.24) is 0 Å². The zero-order valence-corrected chi connectivity index (χ0v) is 4.99. The predicted octanol–water partition coefficient (Wildman–Crippen LogP) is 1.61. The third-order valence-corrected chi connectivity index (χ3v) is 0.915. The van der Waals surface area contributed by atoms with Gasteiger partial charge in [0.1, 0.15) is 6.26 Å². The van der Waals surface area contributed by atoms with Crippen LogP contribution in [0.2, 0.25) is 0 Å². The molecule has 4 nitrogen and oxygen atoms in total. The molecule has 4 heteroatoms. The molecule has 9 heavy (non-hydrogen) atoms. The van der Waals surface area contributed by atoms with Crippen molar-refractivity contribution in [2.75, 3.05) is 6.54 Å². The van der Waals surface area contributed by atoms with Gasteiger partial charge in [0.05, 0.1) is 11.8 Å². The van der Waals surface area contributed by atoms with E-state index in [1.165, 1.54) is 6.26 Å². The Morgan fingerprint density at radius 2 is 2.44 bits per heavy atom. The molecule has 0 radical (unpaired) electrons. The highest BCUT2D eigenvalue weighted by Crippen LogP contribution is 1.96. The number of hydrogen-bond acceptors (Lipinski definition) is 4. The Morgan fingerprint density at radius 3 is 3.44 bits per heavy atom. The fourth-order valence-electron chi connectivity index (χ4n) is 0.496. The summed E-state index contributed by atoms with van der Waals surface area (Å²) in [4.78, 5) is 8.64. The van der Waals surface area contributed by atoms with Crippen LogP contribution in [0.3, 0.4) is 0 Å². The number of rotatable bonds is 0. The molecule has 0 atom stereocenters. The summed E-state index contributed by atoms with van der Waals surface area (Å²) in [6.45, 7) is 0.702. The van der Waals surface area contributed by atoms with E-state index in [0.29, 0.717) is 6.54 Å². The maximum Gasteiger partial charge on any atom is 0.141 e. The van der Waals surface area contributed by atoms with E-state index in [4.69, 9.17) is 0 Å². The summed E-state index contributed by atoms with van der Waals surface area (Å²) in [5.74, 6) is 0. The first-order valence-electron chi connectivity index (χ1n) is 2.84. The van der Waals surface area contributed by atoms with Gasteiger partial charge in [-0.3, -0.25) is 4.89 Å². The van der Waals surface area contributed by atoms with E-state index in [9.17, 15) is 0 Å². The van der Waals surface area contributed by atoms with Crippen molar-refractivity contribution in [2.45, 2.75) is 12.8 Å². The van der Waals surface area contributed by atoms with Gasteiger partial charge < -0.3 is 0 Å². The standard InChI is InChI=1S/C5H8N2O2/c1-2-4-6-7-9-8-5-3-1/h3,5H,1-2,4H2/b5-3-,7-6-. The van der Waals surface area contributed by atoms with Gasteiger partial charge in [0.15, 0.2) is 0 Å². The van der Waals surface area contributed by atoms with Crippen molar-refractivity contribution in [3.05, 3.63) is 12.3 Å². The van der Waals surface area contributed by atoms with Crippen molar-refractivity contribution in [1.29, 1.82) is 0 Å². The van der Waals surface area contributed by atoms with Crippen LogP contribution in [0.4, 0.5) is 0 Å². The molecule has 0 aromatic rings. The van der Waals surface area contributed by atoms with Crippen LogP contribution in [-0.2, 0) is 9.88 Å². The average molecular weight is 128 g/mol. The molecule has 0 fully saturated rings. The molecule has 0 spiro atoms. The summed E-state index contributed by atoms with van der Waals surface area (Å²) in [7, 11) is 0. The lowest BCUT2D eigenvalue weighted by Gasteiger charge is -1.86. The van der Waals surface area contributed by atoms with Gasteiger partial charge in [-0.1, -0.05) is 0 Å². The molecule has 1 rings (SSSR count). The monoisotopic (exact) mass is 128 g/mol. The highest BCUT2D eigenvalue weighted by Gasteiger charge is 1.85. The minimum Gasteiger partial charge on any atom is -0.274 e. The first-order chi connectivity index (χ1) is 4.50. The number of nitrogens with zero attached hydrogens (tertiary/aromatic N) is 2. The molecule has 0 aromatic heterocycles. The summed E-state index contributed by atoms with van der Waals surface area (Å²) in [6.07, 6.45) is 5.29. The molecule has 1 aliphatic rings. The second kappa shape index (κ2) is 3.88. The Balaban J connectivity index is 2.28. The maximum absolute atomic E-state index is 4.41. The topological polar surface area (TPSA) is 43.2 Å². The average Bonchev–Trinajstić information content (AvgIpc) is 2.00. The van der Waals surface area contributed by atoms with E-state index in [-0.39, 0.29) is 0 Å². The Labute approximate surface area is 53.1 Å². The van der Waals surface area contributed by atoms with Gasteiger partial charge in [0, 0.05) is 0 Å². The first kappa shape index (κ1) is 6.07. The quantitative estimate of drug-likeness (QED) is 0.465. The van der Waals surface area contributed by atoms with Gasteiger partial charge >= 0.3 is 0 Å². The van der Waals surface area contributed by atoms with Gasteiger partial charge in [-0.25, -0.2) is 0 Å². The van der Waals surface area contributed by atoms with E-state index in [0.717, 1.165) is 12.8 Å². The largest absolute Gasteiger partial charge is 0.274 e. The van der Waals surface area contributed by atoms with Gasteiger partial charge in [-0.15, -0.1) is 10.1 Å². The molecule has 1 heterocycles. The second-order valence-electron chi connectivity index (χ2n) is 1.63. The van der Waals surface area contributed by atoms with Crippen LogP contribution in [0, 0.1) is 0 Å². The lowest BCUT2D eigenvalue weighted by atomic mass is 10.3. The van der Waals surface area contributed by atoms with Crippen molar-refractivity contribution in [3.8, 4) is 0 Å². The minimum atomic E-state index is 0.702. The highest BCUT2D eigenvalue weighted by atomic mass is 17.3. The van der Waals surface area contributed by atoms with Gasteiger partial charge in [0.25, 0.3) is 0 Å². The third-order valence-electron chi connectivity index (χ3n) is 0.915. The fourth-order valence-corrected chi connectivity index (χ4v) is 0.496. The van der Waals surface area contributed by atoms with E-state index in [1.54, 1.807) is 0 Å². The van der Waals surface area contributed by atoms with E-state index >= 15 is 0 Å². The molecule has 0 saturated heterocycles. The van der Waals surface area contributed by atoms with Crippen LogP contribution in [0.15, 0.2) is 22.7 Å². The van der Waals surface area contributed by atoms with Crippen LogP contribution >= 0.6 is 0 Å². The summed E-state index contributed by atoms with van der Waals surface area (Å²) in [6, 6.07) is 0. The highest BCUT2D eigenvalue weighted by molar-refractivity contribution is 4.72. The molecule has 0 amide bonds. The molecule has 1 aliphatic heterocycles. The summed E-state index contributed by atoms with van der Waals surface area (Å²) < 4.78 is 0. The molecule has 0 unspecified atom stereocenters. The Morgan fingerprint density at radius 1 is 1.44 bits per heavy atom. The summed E-state index contributed by atoms with van der Waals surface area (Å²) in [5, 5.41) is 6.87. The van der Waals surface area contributed by atoms with Crippen molar-refractivity contribution in [3.63, 3.8) is 0 Å². The fraction of sp³-hybridized carbons (Fsp3) is 0.600. The van der Waals surface area contributed by atoms with Crippen LogP contribution in [0.1, 0.15) is 12.8 Å². The van der Waals surface area contributed by atoms with Gasteiger partial charge in [-0.05, 0) is 18.9 Å². The van der Waals surface area contributed by atoms with Crippen LogP contribution < -0.4 is 0 Å². The SMILES string of the molecule is C1=C\OO/N=N\CCC/1.